The second kappa shape index (κ2) is 7.98. The molecule has 0 radical (unpaired) electrons. The van der Waals surface area contributed by atoms with Crippen molar-refractivity contribution in [2.45, 2.75) is 45.3 Å². The number of nitrogens with zero attached hydrogens (tertiary/aromatic N) is 2. The van der Waals surface area contributed by atoms with Gasteiger partial charge in [-0.2, -0.15) is 0 Å². The molecule has 2 fully saturated rings. The molecule has 5 nitrogen and oxygen atoms in total. The molecule has 1 saturated heterocycles. The van der Waals surface area contributed by atoms with E-state index in [-0.39, 0.29) is 5.75 Å². The minimum atomic E-state index is -0.392. The third-order valence-electron chi connectivity index (χ3n) is 5.36. The number of aryl methyl sites for hydroxylation is 1. The predicted molar refractivity (Wildman–Crippen MR) is 100 cm³/mol. The highest BCUT2D eigenvalue weighted by molar-refractivity contribution is 5.56. The molecular formula is C21H27FN2O3. The van der Waals surface area contributed by atoms with Gasteiger partial charge >= 0.3 is 0 Å². The SMILES string of the molecule is COc1cc(-c2nc(CN(CC3CC3)CC3CCCO3)c(C)o2)ccc1F. The summed E-state index contributed by atoms with van der Waals surface area (Å²) in [6, 6.07) is 4.67. The van der Waals surface area contributed by atoms with Gasteiger partial charge in [-0.15, -0.1) is 0 Å². The van der Waals surface area contributed by atoms with Crippen LogP contribution in [0.4, 0.5) is 4.39 Å². The Kier molecular flexibility index (Phi) is 5.45. The summed E-state index contributed by atoms with van der Waals surface area (Å²) in [5, 5.41) is 0. The number of halogens is 1. The zero-order chi connectivity index (χ0) is 18.8. The van der Waals surface area contributed by atoms with E-state index in [0.717, 1.165) is 62.0 Å². The van der Waals surface area contributed by atoms with Crippen LogP contribution in [0.2, 0.25) is 0 Å². The van der Waals surface area contributed by atoms with E-state index in [4.69, 9.17) is 18.9 Å². The lowest BCUT2D eigenvalue weighted by atomic mass is 10.2. The van der Waals surface area contributed by atoms with E-state index in [1.54, 1.807) is 12.1 Å². The number of ether oxygens (including phenoxy) is 2. The summed E-state index contributed by atoms with van der Waals surface area (Å²) >= 11 is 0. The Morgan fingerprint density at radius 1 is 1.26 bits per heavy atom. The number of methoxy groups -OCH3 is 1. The first kappa shape index (κ1) is 18.4. The molecule has 2 aromatic rings. The number of rotatable bonds is 8. The minimum absolute atomic E-state index is 0.193. The first-order valence-corrected chi connectivity index (χ1v) is 9.76. The molecule has 0 bridgehead atoms. The van der Waals surface area contributed by atoms with Crippen LogP contribution in [-0.4, -0.2) is 42.8 Å². The second-order valence-electron chi connectivity index (χ2n) is 7.64. The number of benzene rings is 1. The molecule has 1 aliphatic heterocycles. The van der Waals surface area contributed by atoms with Gasteiger partial charge in [0, 0.05) is 31.8 Å². The summed E-state index contributed by atoms with van der Waals surface area (Å²) in [5.74, 6) is 1.92. The first-order chi connectivity index (χ1) is 13.1. The van der Waals surface area contributed by atoms with Crippen molar-refractivity contribution >= 4 is 0 Å². The highest BCUT2D eigenvalue weighted by Gasteiger charge is 2.28. The lowest BCUT2D eigenvalue weighted by molar-refractivity contribution is 0.0684. The van der Waals surface area contributed by atoms with Gasteiger partial charge in [-0.1, -0.05) is 0 Å². The molecule has 146 valence electrons. The maximum atomic E-state index is 13.7. The Labute approximate surface area is 159 Å². The molecule has 1 saturated carbocycles. The van der Waals surface area contributed by atoms with Crippen LogP contribution in [0, 0.1) is 18.7 Å². The summed E-state index contributed by atoms with van der Waals surface area (Å²) in [6.07, 6.45) is 5.26. The molecule has 2 aliphatic rings. The molecule has 1 aliphatic carbocycles. The Balaban J connectivity index is 1.50. The highest BCUT2D eigenvalue weighted by Crippen LogP contribution is 2.32. The van der Waals surface area contributed by atoms with Gasteiger partial charge in [0.05, 0.1) is 18.9 Å². The van der Waals surface area contributed by atoms with Crippen molar-refractivity contribution < 1.29 is 18.3 Å². The van der Waals surface area contributed by atoms with Crippen LogP contribution >= 0.6 is 0 Å². The lowest BCUT2D eigenvalue weighted by Gasteiger charge is -2.24. The molecule has 1 atom stereocenters. The van der Waals surface area contributed by atoms with Crippen LogP contribution in [0.15, 0.2) is 22.6 Å². The maximum Gasteiger partial charge on any atom is 0.226 e. The molecule has 0 N–H and O–H groups in total. The summed E-state index contributed by atoms with van der Waals surface area (Å²) in [6.45, 7) is 5.60. The van der Waals surface area contributed by atoms with E-state index in [0.29, 0.717) is 12.0 Å². The van der Waals surface area contributed by atoms with Gasteiger partial charge in [0.25, 0.3) is 0 Å². The van der Waals surface area contributed by atoms with Crippen LogP contribution in [0.25, 0.3) is 11.5 Å². The normalized spacial score (nSPS) is 19.8. The van der Waals surface area contributed by atoms with Gasteiger partial charge in [-0.3, -0.25) is 4.90 Å². The van der Waals surface area contributed by atoms with Gasteiger partial charge in [0.2, 0.25) is 5.89 Å². The van der Waals surface area contributed by atoms with Gasteiger partial charge in [0.15, 0.2) is 11.6 Å². The smallest absolute Gasteiger partial charge is 0.226 e. The number of oxazole rings is 1. The van der Waals surface area contributed by atoms with E-state index in [9.17, 15) is 4.39 Å². The Bertz CT molecular complexity index is 782. The van der Waals surface area contributed by atoms with E-state index in [2.05, 4.69) is 4.90 Å². The summed E-state index contributed by atoms with van der Waals surface area (Å²) in [7, 11) is 1.45. The molecule has 1 unspecified atom stereocenters. The number of hydrogen-bond acceptors (Lipinski definition) is 5. The molecule has 6 heteroatoms. The molecule has 1 aromatic heterocycles. The summed E-state index contributed by atoms with van der Waals surface area (Å²) in [5.41, 5.74) is 1.66. The number of aromatic nitrogens is 1. The molecule has 27 heavy (non-hydrogen) atoms. The van der Waals surface area contributed by atoms with Crippen molar-refractivity contribution in [3.05, 3.63) is 35.5 Å². The fraction of sp³-hybridized carbons (Fsp3) is 0.571. The molecule has 0 spiro atoms. The summed E-state index contributed by atoms with van der Waals surface area (Å²) < 4.78 is 30.5. The topological polar surface area (TPSA) is 47.7 Å². The van der Waals surface area contributed by atoms with E-state index in [1.807, 2.05) is 6.92 Å². The Morgan fingerprint density at radius 3 is 2.81 bits per heavy atom. The van der Waals surface area contributed by atoms with Crippen molar-refractivity contribution in [3.8, 4) is 17.2 Å². The average Bonchev–Trinajstić information content (AvgIpc) is 3.18. The Hall–Kier alpha value is -1.92. The summed E-state index contributed by atoms with van der Waals surface area (Å²) in [4.78, 5) is 7.15. The van der Waals surface area contributed by atoms with Crippen LogP contribution in [-0.2, 0) is 11.3 Å². The van der Waals surface area contributed by atoms with Crippen molar-refractivity contribution in [2.24, 2.45) is 5.92 Å². The lowest BCUT2D eigenvalue weighted by Crippen LogP contribution is -2.33. The monoisotopic (exact) mass is 374 g/mol. The van der Waals surface area contributed by atoms with Crippen LogP contribution in [0.1, 0.15) is 37.1 Å². The van der Waals surface area contributed by atoms with Gasteiger partial charge in [-0.25, -0.2) is 9.37 Å². The van der Waals surface area contributed by atoms with Crippen molar-refractivity contribution in [1.82, 2.24) is 9.88 Å². The van der Waals surface area contributed by atoms with Crippen molar-refractivity contribution in [2.75, 3.05) is 26.8 Å². The van der Waals surface area contributed by atoms with Crippen molar-refractivity contribution in [1.29, 1.82) is 0 Å². The van der Waals surface area contributed by atoms with Crippen LogP contribution in [0.5, 0.6) is 5.75 Å². The number of hydrogen-bond donors (Lipinski definition) is 0. The highest BCUT2D eigenvalue weighted by atomic mass is 19.1. The first-order valence-electron chi connectivity index (χ1n) is 9.76. The van der Waals surface area contributed by atoms with Crippen LogP contribution in [0.3, 0.4) is 0 Å². The van der Waals surface area contributed by atoms with Gasteiger partial charge < -0.3 is 13.9 Å². The van der Waals surface area contributed by atoms with Crippen molar-refractivity contribution in [3.63, 3.8) is 0 Å². The fourth-order valence-electron chi connectivity index (χ4n) is 3.65. The molecule has 2 heterocycles. The van der Waals surface area contributed by atoms with Gasteiger partial charge in [-0.05, 0) is 56.7 Å². The maximum absolute atomic E-state index is 13.7. The zero-order valence-corrected chi connectivity index (χ0v) is 16.0. The van der Waals surface area contributed by atoms with E-state index in [1.165, 1.54) is 26.0 Å². The van der Waals surface area contributed by atoms with Gasteiger partial charge in [0.1, 0.15) is 5.76 Å². The molecule has 0 amide bonds. The fourth-order valence-corrected chi connectivity index (χ4v) is 3.65. The zero-order valence-electron chi connectivity index (χ0n) is 16.0. The average molecular weight is 374 g/mol. The standard InChI is InChI=1S/C21H27FN2O3/c1-14-19(13-24(11-15-5-6-15)12-17-4-3-9-26-17)23-21(27-14)16-7-8-18(22)20(10-16)25-2/h7-8,10,15,17H,3-6,9,11-13H2,1-2H3. The molecule has 4 rings (SSSR count). The third-order valence-corrected chi connectivity index (χ3v) is 5.36. The van der Waals surface area contributed by atoms with E-state index >= 15 is 0 Å². The quantitative estimate of drug-likeness (QED) is 0.693. The van der Waals surface area contributed by atoms with Crippen LogP contribution < -0.4 is 4.74 Å². The van der Waals surface area contributed by atoms with E-state index < -0.39 is 5.82 Å². The molecular weight excluding hydrogens is 347 g/mol. The third kappa shape index (κ3) is 4.50. The largest absolute Gasteiger partial charge is 0.494 e. The second-order valence-corrected chi connectivity index (χ2v) is 7.64. The minimum Gasteiger partial charge on any atom is -0.494 e. The Morgan fingerprint density at radius 2 is 2.11 bits per heavy atom. The molecule has 1 aromatic carbocycles. The predicted octanol–water partition coefficient (Wildman–Crippen LogP) is 4.19.